The van der Waals surface area contributed by atoms with Gasteiger partial charge in [0.1, 0.15) is 31.2 Å². The molecule has 3 aromatic rings. The molecule has 4 N–H and O–H groups in total. The number of aromatic nitrogens is 2. The van der Waals surface area contributed by atoms with Gasteiger partial charge in [-0.3, -0.25) is 0 Å². The van der Waals surface area contributed by atoms with Gasteiger partial charge in [-0.05, 0) is 29.8 Å². The van der Waals surface area contributed by atoms with Crippen LogP contribution in [0.25, 0.3) is 0 Å². The van der Waals surface area contributed by atoms with Crippen molar-refractivity contribution in [1.82, 2.24) is 9.97 Å². The van der Waals surface area contributed by atoms with Gasteiger partial charge in [0.25, 0.3) is 0 Å². The van der Waals surface area contributed by atoms with Crippen molar-refractivity contribution in [3.8, 4) is 11.5 Å². The SMILES string of the molecule is NS(=O)(=O)c1cccc(CNc2cc(Nc3ccc4c(c3)OCCO4)ncn2)c1. The summed E-state index contributed by atoms with van der Waals surface area (Å²) >= 11 is 0. The zero-order valence-corrected chi connectivity index (χ0v) is 16.1. The Morgan fingerprint density at radius 3 is 2.59 bits per heavy atom. The number of rotatable bonds is 6. The normalized spacial score (nSPS) is 13.0. The summed E-state index contributed by atoms with van der Waals surface area (Å²) in [5.74, 6) is 2.58. The lowest BCUT2D eigenvalue weighted by atomic mass is 10.2. The number of anilines is 3. The molecule has 0 atom stereocenters. The van der Waals surface area contributed by atoms with Crippen LogP contribution in [0.4, 0.5) is 17.3 Å². The summed E-state index contributed by atoms with van der Waals surface area (Å²) in [6, 6.07) is 13.7. The predicted octanol–water partition coefficient (Wildman–Crippen LogP) is 2.25. The molecular formula is C19H19N5O4S. The first-order chi connectivity index (χ1) is 14.0. The minimum Gasteiger partial charge on any atom is -0.486 e. The fraction of sp³-hybridized carbons (Fsp3) is 0.158. The van der Waals surface area contributed by atoms with Gasteiger partial charge in [-0.15, -0.1) is 0 Å². The van der Waals surface area contributed by atoms with E-state index in [1.165, 1.54) is 18.5 Å². The molecule has 0 saturated carbocycles. The Labute approximate surface area is 168 Å². The molecule has 0 amide bonds. The molecule has 29 heavy (non-hydrogen) atoms. The molecule has 2 aromatic carbocycles. The second kappa shape index (κ2) is 7.94. The third-order valence-corrected chi connectivity index (χ3v) is 5.09. The molecule has 10 heteroatoms. The lowest BCUT2D eigenvalue weighted by molar-refractivity contribution is 0.171. The number of hydrogen-bond donors (Lipinski definition) is 3. The molecule has 0 fully saturated rings. The van der Waals surface area contributed by atoms with Gasteiger partial charge in [-0.1, -0.05) is 12.1 Å². The number of nitrogens with two attached hydrogens (primary N) is 1. The maximum atomic E-state index is 11.5. The Bertz CT molecular complexity index is 1140. The van der Waals surface area contributed by atoms with Crippen molar-refractivity contribution in [1.29, 1.82) is 0 Å². The summed E-state index contributed by atoms with van der Waals surface area (Å²) in [5, 5.41) is 11.5. The summed E-state index contributed by atoms with van der Waals surface area (Å²) in [7, 11) is -3.74. The zero-order valence-electron chi connectivity index (χ0n) is 15.3. The van der Waals surface area contributed by atoms with E-state index >= 15 is 0 Å². The summed E-state index contributed by atoms with van der Waals surface area (Å²) in [4.78, 5) is 8.48. The Morgan fingerprint density at radius 2 is 1.76 bits per heavy atom. The van der Waals surface area contributed by atoms with E-state index in [1.54, 1.807) is 18.2 Å². The van der Waals surface area contributed by atoms with Crippen LogP contribution in [0.2, 0.25) is 0 Å². The second-order valence-electron chi connectivity index (χ2n) is 6.32. The molecule has 0 aliphatic carbocycles. The van der Waals surface area contributed by atoms with Crippen molar-refractivity contribution in [3.63, 3.8) is 0 Å². The number of fused-ring (bicyclic) bond motifs is 1. The number of ether oxygens (including phenoxy) is 2. The number of nitrogens with zero attached hydrogens (tertiary/aromatic N) is 2. The highest BCUT2D eigenvalue weighted by Gasteiger charge is 2.12. The third-order valence-electron chi connectivity index (χ3n) is 4.18. The molecule has 4 rings (SSSR count). The Morgan fingerprint density at radius 1 is 0.966 bits per heavy atom. The maximum Gasteiger partial charge on any atom is 0.238 e. The zero-order chi connectivity index (χ0) is 20.3. The first-order valence-electron chi connectivity index (χ1n) is 8.82. The van der Waals surface area contributed by atoms with E-state index in [4.69, 9.17) is 14.6 Å². The van der Waals surface area contributed by atoms with Gasteiger partial charge in [0.2, 0.25) is 10.0 Å². The average Bonchev–Trinajstić information content (AvgIpc) is 2.72. The van der Waals surface area contributed by atoms with Crippen LogP contribution in [0.1, 0.15) is 5.56 Å². The van der Waals surface area contributed by atoms with Crippen LogP contribution in [-0.2, 0) is 16.6 Å². The summed E-state index contributed by atoms with van der Waals surface area (Å²) in [5.41, 5.74) is 1.57. The van der Waals surface area contributed by atoms with Crippen LogP contribution in [0.3, 0.4) is 0 Å². The number of sulfonamides is 1. The van der Waals surface area contributed by atoms with Crippen LogP contribution in [0, 0.1) is 0 Å². The highest BCUT2D eigenvalue weighted by Crippen LogP contribution is 2.33. The number of nitrogens with one attached hydrogen (secondary N) is 2. The molecule has 0 bridgehead atoms. The maximum absolute atomic E-state index is 11.5. The van der Waals surface area contributed by atoms with Crippen LogP contribution in [-0.4, -0.2) is 31.6 Å². The fourth-order valence-electron chi connectivity index (χ4n) is 2.82. The van der Waals surface area contributed by atoms with Gasteiger partial charge in [0.05, 0.1) is 4.90 Å². The minimum absolute atomic E-state index is 0.0699. The number of primary sulfonamides is 1. The highest BCUT2D eigenvalue weighted by molar-refractivity contribution is 7.89. The Balaban J connectivity index is 1.44. The molecule has 1 aliphatic heterocycles. The van der Waals surface area contributed by atoms with Gasteiger partial charge in [-0.25, -0.2) is 23.5 Å². The Hall–Kier alpha value is -3.37. The fourth-order valence-corrected chi connectivity index (χ4v) is 3.40. The number of hydrogen-bond acceptors (Lipinski definition) is 8. The number of benzene rings is 2. The molecular weight excluding hydrogens is 394 g/mol. The lowest BCUT2D eigenvalue weighted by Crippen LogP contribution is -2.15. The quantitative estimate of drug-likeness (QED) is 0.561. The van der Waals surface area contributed by atoms with E-state index in [1.807, 2.05) is 18.2 Å². The van der Waals surface area contributed by atoms with Gasteiger partial charge < -0.3 is 20.1 Å². The third kappa shape index (κ3) is 4.73. The molecule has 1 aromatic heterocycles. The molecule has 0 spiro atoms. The Kier molecular flexibility index (Phi) is 5.19. The molecule has 0 unspecified atom stereocenters. The summed E-state index contributed by atoms with van der Waals surface area (Å²) in [6.45, 7) is 1.44. The van der Waals surface area contributed by atoms with Crippen molar-refractivity contribution >= 4 is 27.3 Å². The molecule has 9 nitrogen and oxygen atoms in total. The standard InChI is InChI=1S/C19H19N5O4S/c20-29(25,26)15-3-1-2-13(8-15)11-21-18-10-19(23-12-22-18)24-14-4-5-16-17(9-14)28-7-6-27-16/h1-5,8-10,12H,6-7,11H2,(H2,20,25,26)(H2,21,22,23,24). The molecule has 1 aliphatic rings. The predicted molar refractivity (Wildman–Crippen MR) is 108 cm³/mol. The van der Waals surface area contributed by atoms with Gasteiger partial charge in [-0.2, -0.15) is 0 Å². The molecule has 2 heterocycles. The highest BCUT2D eigenvalue weighted by atomic mass is 32.2. The van der Waals surface area contributed by atoms with Gasteiger partial charge >= 0.3 is 0 Å². The molecule has 0 saturated heterocycles. The smallest absolute Gasteiger partial charge is 0.238 e. The largest absolute Gasteiger partial charge is 0.486 e. The molecule has 150 valence electrons. The van der Waals surface area contributed by atoms with Gasteiger partial charge in [0.15, 0.2) is 11.5 Å². The first kappa shape index (κ1) is 19.0. The van der Waals surface area contributed by atoms with Crippen molar-refractivity contribution in [2.75, 3.05) is 23.8 Å². The van der Waals surface area contributed by atoms with E-state index < -0.39 is 10.0 Å². The van der Waals surface area contributed by atoms with E-state index in [-0.39, 0.29) is 4.90 Å². The minimum atomic E-state index is -3.74. The van der Waals surface area contributed by atoms with E-state index in [0.29, 0.717) is 42.9 Å². The second-order valence-corrected chi connectivity index (χ2v) is 7.88. The van der Waals surface area contributed by atoms with Crippen molar-refractivity contribution < 1.29 is 17.9 Å². The van der Waals surface area contributed by atoms with Crippen LogP contribution < -0.4 is 25.2 Å². The van der Waals surface area contributed by atoms with Gasteiger partial charge in [0, 0.05) is 24.4 Å². The van der Waals surface area contributed by atoms with Crippen molar-refractivity contribution in [3.05, 3.63) is 60.4 Å². The van der Waals surface area contributed by atoms with Crippen molar-refractivity contribution in [2.24, 2.45) is 5.14 Å². The summed E-state index contributed by atoms with van der Waals surface area (Å²) in [6.07, 6.45) is 1.43. The van der Waals surface area contributed by atoms with E-state index in [9.17, 15) is 8.42 Å². The topological polar surface area (TPSA) is 128 Å². The van der Waals surface area contributed by atoms with Crippen LogP contribution >= 0.6 is 0 Å². The average molecular weight is 413 g/mol. The van der Waals surface area contributed by atoms with Crippen molar-refractivity contribution in [2.45, 2.75) is 11.4 Å². The lowest BCUT2D eigenvalue weighted by Gasteiger charge is -2.19. The first-order valence-corrected chi connectivity index (χ1v) is 10.4. The molecule has 0 radical (unpaired) electrons. The van der Waals surface area contributed by atoms with E-state index in [0.717, 1.165) is 11.3 Å². The van der Waals surface area contributed by atoms with Crippen LogP contribution in [0.5, 0.6) is 11.5 Å². The van der Waals surface area contributed by atoms with E-state index in [2.05, 4.69) is 20.6 Å². The monoisotopic (exact) mass is 413 g/mol. The van der Waals surface area contributed by atoms with Crippen LogP contribution in [0.15, 0.2) is 59.8 Å². The summed E-state index contributed by atoms with van der Waals surface area (Å²) < 4.78 is 34.1.